The van der Waals surface area contributed by atoms with Gasteiger partial charge in [-0.05, 0) is 43.9 Å². The topological polar surface area (TPSA) is 138 Å². The van der Waals surface area contributed by atoms with Gasteiger partial charge in [-0.15, -0.1) is 0 Å². The lowest BCUT2D eigenvalue weighted by molar-refractivity contribution is 0.0692. The molecule has 3 N–H and O–H groups in total. The van der Waals surface area contributed by atoms with Gasteiger partial charge in [-0.25, -0.2) is 32.7 Å². The van der Waals surface area contributed by atoms with Gasteiger partial charge < -0.3 is 5.11 Å². The van der Waals surface area contributed by atoms with E-state index in [0.29, 0.717) is 0 Å². The van der Waals surface area contributed by atoms with Crippen LogP contribution in [-0.2, 0) is 22.9 Å². The molecule has 0 saturated carbocycles. The van der Waals surface area contributed by atoms with Gasteiger partial charge in [0, 0.05) is 11.4 Å². The third-order valence-corrected chi connectivity index (χ3v) is 5.39. The van der Waals surface area contributed by atoms with Gasteiger partial charge in [0.25, 0.3) is 10.0 Å². The van der Waals surface area contributed by atoms with Gasteiger partial charge in [0.15, 0.2) is 0 Å². The SMILES string of the molecule is Cc1nc(NC(=O)NS(=O)(=O)c2ccccc2C(=O)O)nc2c1CCC2. The maximum absolute atomic E-state index is 12.3. The number of aryl methyl sites for hydroxylation is 2. The Morgan fingerprint density at radius 1 is 1.15 bits per heavy atom. The molecule has 0 radical (unpaired) electrons. The lowest BCUT2D eigenvalue weighted by Crippen LogP contribution is -2.35. The quantitative estimate of drug-likeness (QED) is 0.734. The number of rotatable bonds is 4. The Bertz CT molecular complexity index is 1000. The molecule has 1 aliphatic carbocycles. The van der Waals surface area contributed by atoms with Crippen molar-refractivity contribution >= 4 is 28.0 Å². The second-order valence-electron chi connectivity index (χ2n) is 5.77. The van der Waals surface area contributed by atoms with Gasteiger partial charge in [-0.2, -0.15) is 0 Å². The first-order valence-corrected chi connectivity index (χ1v) is 9.29. The van der Waals surface area contributed by atoms with Crippen LogP contribution in [0.4, 0.5) is 10.7 Å². The first kappa shape index (κ1) is 17.8. The minimum absolute atomic E-state index is 0.00219. The van der Waals surface area contributed by atoms with Crippen LogP contribution in [0.5, 0.6) is 0 Å². The van der Waals surface area contributed by atoms with Crippen molar-refractivity contribution in [3.8, 4) is 0 Å². The Kier molecular flexibility index (Phi) is 4.60. The summed E-state index contributed by atoms with van der Waals surface area (Å²) in [5, 5.41) is 11.4. The molecule has 10 heteroatoms. The minimum atomic E-state index is -4.38. The van der Waals surface area contributed by atoms with Crippen LogP contribution >= 0.6 is 0 Å². The monoisotopic (exact) mass is 376 g/mol. The van der Waals surface area contributed by atoms with Crippen molar-refractivity contribution in [3.63, 3.8) is 0 Å². The molecule has 1 aromatic heterocycles. The first-order chi connectivity index (χ1) is 12.3. The maximum Gasteiger partial charge on any atom is 0.337 e. The van der Waals surface area contributed by atoms with E-state index in [4.69, 9.17) is 5.11 Å². The van der Waals surface area contributed by atoms with E-state index >= 15 is 0 Å². The average Bonchev–Trinajstić information content (AvgIpc) is 3.03. The number of fused-ring (bicyclic) bond motifs is 1. The predicted octanol–water partition coefficient (Wildman–Crippen LogP) is 1.48. The molecule has 0 aliphatic heterocycles. The van der Waals surface area contributed by atoms with Crippen molar-refractivity contribution in [1.82, 2.24) is 14.7 Å². The van der Waals surface area contributed by atoms with Gasteiger partial charge >= 0.3 is 12.0 Å². The van der Waals surface area contributed by atoms with E-state index < -0.39 is 32.5 Å². The molecule has 0 fully saturated rings. The molecule has 1 aliphatic rings. The molecule has 1 heterocycles. The smallest absolute Gasteiger partial charge is 0.337 e. The predicted molar refractivity (Wildman–Crippen MR) is 91.5 cm³/mol. The highest BCUT2D eigenvalue weighted by atomic mass is 32.2. The number of nitrogens with one attached hydrogen (secondary N) is 2. The summed E-state index contributed by atoms with van der Waals surface area (Å²) < 4.78 is 26.5. The molecule has 26 heavy (non-hydrogen) atoms. The van der Waals surface area contributed by atoms with Crippen molar-refractivity contribution < 1.29 is 23.1 Å². The molecule has 2 amide bonds. The molecule has 0 saturated heterocycles. The Morgan fingerprint density at radius 2 is 1.88 bits per heavy atom. The van der Waals surface area contributed by atoms with Crippen molar-refractivity contribution in [2.24, 2.45) is 0 Å². The number of amides is 2. The molecule has 2 aromatic rings. The van der Waals surface area contributed by atoms with Crippen LogP contribution in [0.15, 0.2) is 29.2 Å². The number of urea groups is 1. The van der Waals surface area contributed by atoms with Gasteiger partial charge in [0.1, 0.15) is 4.90 Å². The second-order valence-corrected chi connectivity index (χ2v) is 7.42. The standard InChI is InChI=1S/C16H16N4O5S/c1-9-10-6-4-7-12(10)18-15(17-9)19-16(23)20-26(24,25)13-8-3-2-5-11(13)14(21)22/h2-3,5,8H,4,6-7H2,1H3,(H,21,22)(H2,17,18,19,20,23). The molecule has 0 bridgehead atoms. The summed E-state index contributed by atoms with van der Waals surface area (Å²) in [4.78, 5) is 31.1. The number of sulfonamides is 1. The van der Waals surface area contributed by atoms with Crippen LogP contribution in [0.3, 0.4) is 0 Å². The van der Waals surface area contributed by atoms with Crippen molar-refractivity contribution in [1.29, 1.82) is 0 Å². The Balaban J connectivity index is 1.80. The highest BCUT2D eigenvalue weighted by Crippen LogP contribution is 2.23. The van der Waals surface area contributed by atoms with Gasteiger partial charge in [-0.1, -0.05) is 12.1 Å². The minimum Gasteiger partial charge on any atom is -0.478 e. The lowest BCUT2D eigenvalue weighted by atomic mass is 10.2. The first-order valence-electron chi connectivity index (χ1n) is 7.80. The molecule has 0 atom stereocenters. The fraction of sp³-hybridized carbons (Fsp3) is 0.250. The number of carboxylic acid groups (broad SMARTS) is 1. The lowest BCUT2D eigenvalue weighted by Gasteiger charge is -2.11. The van der Waals surface area contributed by atoms with Crippen molar-refractivity contribution in [2.75, 3.05) is 5.32 Å². The van der Waals surface area contributed by atoms with E-state index in [2.05, 4.69) is 15.3 Å². The van der Waals surface area contributed by atoms with E-state index in [9.17, 15) is 18.0 Å². The summed E-state index contributed by atoms with van der Waals surface area (Å²) in [5.74, 6) is -1.41. The molecule has 136 valence electrons. The molecule has 1 aromatic carbocycles. The fourth-order valence-corrected chi connectivity index (χ4v) is 3.97. The number of hydrogen-bond donors (Lipinski definition) is 3. The van der Waals surface area contributed by atoms with E-state index in [1.807, 2.05) is 0 Å². The number of aromatic carboxylic acids is 1. The van der Waals surface area contributed by atoms with Crippen LogP contribution in [0, 0.1) is 6.92 Å². The van der Waals surface area contributed by atoms with Crippen LogP contribution in [0.2, 0.25) is 0 Å². The summed E-state index contributed by atoms with van der Waals surface area (Å²) >= 11 is 0. The molecule has 0 spiro atoms. The van der Waals surface area contributed by atoms with E-state index in [1.54, 1.807) is 11.6 Å². The summed E-state index contributed by atoms with van der Waals surface area (Å²) in [5.41, 5.74) is 2.20. The summed E-state index contributed by atoms with van der Waals surface area (Å²) in [6, 6.07) is 3.94. The van der Waals surface area contributed by atoms with Crippen LogP contribution < -0.4 is 10.0 Å². The van der Waals surface area contributed by atoms with Crippen LogP contribution in [-0.4, -0.2) is 35.5 Å². The van der Waals surface area contributed by atoms with E-state index in [1.165, 1.54) is 12.1 Å². The summed E-state index contributed by atoms with van der Waals surface area (Å²) in [6.45, 7) is 1.80. The number of hydrogen-bond acceptors (Lipinski definition) is 6. The summed E-state index contributed by atoms with van der Waals surface area (Å²) in [7, 11) is -4.38. The normalized spacial score (nSPS) is 13.1. The molecular formula is C16H16N4O5S. The number of carbonyl (C=O) groups excluding carboxylic acids is 1. The van der Waals surface area contributed by atoms with E-state index in [0.717, 1.165) is 48.3 Å². The Morgan fingerprint density at radius 3 is 2.62 bits per heavy atom. The highest BCUT2D eigenvalue weighted by Gasteiger charge is 2.25. The summed E-state index contributed by atoms with van der Waals surface area (Å²) in [6.07, 6.45) is 2.62. The average molecular weight is 376 g/mol. The largest absolute Gasteiger partial charge is 0.478 e. The van der Waals surface area contributed by atoms with Crippen LogP contribution in [0.25, 0.3) is 0 Å². The van der Waals surface area contributed by atoms with Crippen molar-refractivity contribution in [2.45, 2.75) is 31.1 Å². The van der Waals surface area contributed by atoms with Gasteiger partial charge in [-0.3, -0.25) is 5.32 Å². The molecule has 9 nitrogen and oxygen atoms in total. The number of aromatic nitrogens is 2. The van der Waals surface area contributed by atoms with E-state index in [-0.39, 0.29) is 5.95 Å². The number of benzene rings is 1. The Hall–Kier alpha value is -3.01. The second kappa shape index (κ2) is 6.71. The zero-order chi connectivity index (χ0) is 18.9. The van der Waals surface area contributed by atoms with Gasteiger partial charge in [0.05, 0.1) is 5.56 Å². The zero-order valence-electron chi connectivity index (χ0n) is 13.8. The molecule has 0 unspecified atom stereocenters. The molecule has 3 rings (SSSR count). The third-order valence-electron chi connectivity index (χ3n) is 4.00. The molecular weight excluding hydrogens is 360 g/mol. The number of carbonyl (C=O) groups is 2. The number of anilines is 1. The zero-order valence-corrected chi connectivity index (χ0v) is 14.6. The number of nitrogens with zero attached hydrogens (tertiary/aromatic N) is 2. The highest BCUT2D eigenvalue weighted by molar-refractivity contribution is 7.90. The Labute approximate surface area is 149 Å². The fourth-order valence-electron chi connectivity index (χ4n) is 2.86. The number of carboxylic acids is 1. The third kappa shape index (κ3) is 3.49. The van der Waals surface area contributed by atoms with Gasteiger partial charge in [0.2, 0.25) is 5.95 Å². The van der Waals surface area contributed by atoms with Crippen molar-refractivity contribution in [3.05, 3.63) is 46.8 Å². The maximum atomic E-state index is 12.3. The van der Waals surface area contributed by atoms with Crippen LogP contribution in [0.1, 0.15) is 33.7 Å².